The molecule has 0 aliphatic heterocycles. The summed E-state index contributed by atoms with van der Waals surface area (Å²) >= 11 is 0. The predicted molar refractivity (Wildman–Crippen MR) is 52.2 cm³/mol. The minimum absolute atomic E-state index is 0.109. The normalized spacial score (nSPS) is 16.8. The van der Waals surface area contributed by atoms with E-state index in [0.29, 0.717) is 18.5 Å². The molecule has 1 aliphatic carbocycles. The molecule has 0 aromatic carbocycles. The smallest absolute Gasteiger partial charge is 0.315 e. The molecule has 1 atom stereocenters. The van der Waals surface area contributed by atoms with Crippen molar-refractivity contribution in [2.75, 3.05) is 6.54 Å². The van der Waals surface area contributed by atoms with Gasteiger partial charge in [0.25, 0.3) is 0 Å². The van der Waals surface area contributed by atoms with Crippen molar-refractivity contribution < 1.29 is 4.79 Å². The van der Waals surface area contributed by atoms with Crippen LogP contribution in [0, 0.1) is 17.8 Å². The Labute approximate surface area is 79.3 Å². The first kappa shape index (κ1) is 9.91. The first-order chi connectivity index (χ1) is 6.24. The van der Waals surface area contributed by atoms with Crippen molar-refractivity contribution in [1.82, 2.24) is 10.6 Å². The predicted octanol–water partition coefficient (Wildman–Crippen LogP) is 1.11. The van der Waals surface area contributed by atoms with Crippen molar-refractivity contribution in [3.05, 3.63) is 0 Å². The van der Waals surface area contributed by atoms with Crippen molar-refractivity contribution in [2.45, 2.75) is 32.7 Å². The van der Waals surface area contributed by atoms with Gasteiger partial charge in [0.15, 0.2) is 0 Å². The Morgan fingerprint density at radius 3 is 2.85 bits per heavy atom. The zero-order valence-electron chi connectivity index (χ0n) is 8.18. The van der Waals surface area contributed by atoms with Crippen molar-refractivity contribution in [2.24, 2.45) is 5.92 Å². The number of carbonyl (C=O) groups excluding carboxylic acids is 1. The van der Waals surface area contributed by atoms with E-state index >= 15 is 0 Å². The topological polar surface area (TPSA) is 41.1 Å². The lowest BCUT2D eigenvalue weighted by Gasteiger charge is -2.12. The molecular formula is C10H16N2O. The van der Waals surface area contributed by atoms with Gasteiger partial charge in [0.2, 0.25) is 0 Å². The van der Waals surface area contributed by atoms with Gasteiger partial charge < -0.3 is 10.6 Å². The van der Waals surface area contributed by atoms with E-state index in [1.54, 1.807) is 6.92 Å². The number of rotatable bonds is 3. The first-order valence-corrected chi connectivity index (χ1v) is 4.68. The maximum atomic E-state index is 11.2. The summed E-state index contributed by atoms with van der Waals surface area (Å²) in [5.41, 5.74) is 0. The maximum absolute atomic E-state index is 11.2. The summed E-state index contributed by atoms with van der Waals surface area (Å²) in [7, 11) is 0. The van der Waals surface area contributed by atoms with Crippen LogP contribution in [-0.4, -0.2) is 18.6 Å². The quantitative estimate of drug-likeness (QED) is 0.627. The summed E-state index contributed by atoms with van der Waals surface area (Å²) in [5.74, 6) is 6.19. The zero-order valence-corrected chi connectivity index (χ0v) is 8.18. The highest BCUT2D eigenvalue weighted by molar-refractivity contribution is 5.74. The van der Waals surface area contributed by atoms with E-state index in [2.05, 4.69) is 22.5 Å². The van der Waals surface area contributed by atoms with Crippen molar-refractivity contribution >= 4 is 6.03 Å². The highest BCUT2D eigenvalue weighted by Gasteiger charge is 2.28. The number of hydrogen-bond donors (Lipinski definition) is 2. The molecule has 1 fully saturated rings. The van der Waals surface area contributed by atoms with Gasteiger partial charge in [-0.15, -0.1) is 5.92 Å². The number of hydrogen-bond acceptors (Lipinski definition) is 1. The Morgan fingerprint density at radius 1 is 1.62 bits per heavy atom. The lowest BCUT2D eigenvalue weighted by molar-refractivity contribution is 0.237. The van der Waals surface area contributed by atoms with E-state index in [9.17, 15) is 4.79 Å². The third kappa shape index (κ3) is 3.84. The molecule has 3 heteroatoms. The molecule has 1 unspecified atom stereocenters. The van der Waals surface area contributed by atoms with Gasteiger partial charge >= 0.3 is 6.03 Å². The molecule has 1 saturated carbocycles. The van der Waals surface area contributed by atoms with Crippen LogP contribution >= 0.6 is 0 Å². The van der Waals surface area contributed by atoms with Crippen molar-refractivity contribution in [1.29, 1.82) is 0 Å². The van der Waals surface area contributed by atoms with Crippen molar-refractivity contribution in [3.8, 4) is 11.8 Å². The molecule has 2 amide bonds. The SMILES string of the molecule is CC#CCNC(=O)NC(C)C1CC1. The molecule has 0 bridgehead atoms. The van der Waals surface area contributed by atoms with Crippen LogP contribution in [0.25, 0.3) is 0 Å². The molecule has 0 saturated heterocycles. The van der Waals surface area contributed by atoms with Crippen LogP contribution in [0.1, 0.15) is 26.7 Å². The monoisotopic (exact) mass is 180 g/mol. The highest BCUT2D eigenvalue weighted by Crippen LogP contribution is 2.32. The molecule has 0 radical (unpaired) electrons. The number of amides is 2. The summed E-state index contributed by atoms with van der Waals surface area (Å²) in [6.07, 6.45) is 2.49. The van der Waals surface area contributed by atoms with Gasteiger partial charge in [-0.25, -0.2) is 4.79 Å². The van der Waals surface area contributed by atoms with E-state index < -0.39 is 0 Å². The lowest BCUT2D eigenvalue weighted by atomic mass is 10.2. The standard InChI is InChI=1S/C10H16N2O/c1-3-4-7-11-10(13)12-8(2)9-5-6-9/h8-9H,5-7H2,1-2H3,(H2,11,12,13). The molecule has 3 nitrogen and oxygen atoms in total. The van der Waals surface area contributed by atoms with Gasteiger partial charge in [-0.05, 0) is 32.6 Å². The minimum atomic E-state index is -0.109. The van der Waals surface area contributed by atoms with E-state index in [4.69, 9.17) is 0 Å². The fourth-order valence-corrected chi connectivity index (χ4v) is 1.18. The fourth-order valence-electron chi connectivity index (χ4n) is 1.18. The van der Waals surface area contributed by atoms with Crippen molar-refractivity contribution in [3.63, 3.8) is 0 Å². The molecule has 0 aromatic rings. The Kier molecular flexibility index (Phi) is 3.63. The van der Waals surface area contributed by atoms with Crippen LogP contribution in [0.2, 0.25) is 0 Å². The Bertz CT molecular complexity index is 235. The van der Waals surface area contributed by atoms with Crippen LogP contribution in [0.4, 0.5) is 4.79 Å². The zero-order chi connectivity index (χ0) is 9.68. The van der Waals surface area contributed by atoms with E-state index in [-0.39, 0.29) is 6.03 Å². The summed E-state index contributed by atoms with van der Waals surface area (Å²) < 4.78 is 0. The van der Waals surface area contributed by atoms with Gasteiger partial charge in [0, 0.05) is 6.04 Å². The average molecular weight is 180 g/mol. The lowest BCUT2D eigenvalue weighted by Crippen LogP contribution is -2.41. The van der Waals surface area contributed by atoms with Gasteiger partial charge in [0.1, 0.15) is 0 Å². The van der Waals surface area contributed by atoms with Crippen LogP contribution in [0.3, 0.4) is 0 Å². The minimum Gasteiger partial charge on any atom is -0.335 e. The fraction of sp³-hybridized carbons (Fsp3) is 0.700. The summed E-state index contributed by atoms with van der Waals surface area (Å²) in [6, 6.07) is 0.191. The van der Waals surface area contributed by atoms with Gasteiger partial charge in [-0.3, -0.25) is 0 Å². The van der Waals surface area contributed by atoms with E-state index in [1.807, 2.05) is 6.92 Å². The highest BCUT2D eigenvalue weighted by atomic mass is 16.2. The largest absolute Gasteiger partial charge is 0.335 e. The molecular weight excluding hydrogens is 164 g/mol. The molecule has 72 valence electrons. The number of nitrogens with one attached hydrogen (secondary N) is 2. The van der Waals surface area contributed by atoms with E-state index in [0.717, 1.165) is 0 Å². The van der Waals surface area contributed by atoms with Crippen LogP contribution in [-0.2, 0) is 0 Å². The van der Waals surface area contributed by atoms with Crippen LogP contribution < -0.4 is 10.6 Å². The number of urea groups is 1. The number of carbonyl (C=O) groups is 1. The van der Waals surface area contributed by atoms with E-state index in [1.165, 1.54) is 12.8 Å². The Morgan fingerprint density at radius 2 is 2.31 bits per heavy atom. The Balaban J connectivity index is 2.11. The van der Waals surface area contributed by atoms with Crippen LogP contribution in [0.15, 0.2) is 0 Å². The maximum Gasteiger partial charge on any atom is 0.315 e. The third-order valence-electron chi connectivity index (χ3n) is 2.20. The molecule has 1 aliphatic rings. The van der Waals surface area contributed by atoms with Gasteiger partial charge in [-0.1, -0.05) is 5.92 Å². The molecule has 0 aromatic heterocycles. The third-order valence-corrected chi connectivity index (χ3v) is 2.20. The second-order valence-electron chi connectivity index (χ2n) is 3.38. The molecule has 13 heavy (non-hydrogen) atoms. The molecule has 0 heterocycles. The molecule has 2 N–H and O–H groups in total. The molecule has 0 spiro atoms. The average Bonchev–Trinajstić information content (AvgIpc) is 2.86. The summed E-state index contributed by atoms with van der Waals surface area (Å²) in [4.78, 5) is 11.2. The van der Waals surface area contributed by atoms with Gasteiger partial charge in [-0.2, -0.15) is 0 Å². The second-order valence-corrected chi connectivity index (χ2v) is 3.38. The Hall–Kier alpha value is -1.17. The van der Waals surface area contributed by atoms with Gasteiger partial charge in [0.05, 0.1) is 6.54 Å². The summed E-state index contributed by atoms with van der Waals surface area (Å²) in [5, 5.41) is 5.56. The summed E-state index contributed by atoms with van der Waals surface area (Å²) in [6.45, 7) is 4.23. The van der Waals surface area contributed by atoms with Crippen LogP contribution in [0.5, 0.6) is 0 Å². The second kappa shape index (κ2) is 4.76. The first-order valence-electron chi connectivity index (χ1n) is 4.68. The molecule has 1 rings (SSSR count).